The molecule has 0 aliphatic carbocycles. The molecule has 2 aromatic rings. The molecule has 0 amide bonds. The molecule has 0 unspecified atom stereocenters. The smallest absolute Gasteiger partial charge is 0.198 e. The fraction of sp³-hybridized carbons (Fsp3) is 0.0588. The largest absolute Gasteiger partial charge is 0.494 e. The number of rotatable bonds is 5. The number of hydrogen-bond acceptors (Lipinski definition) is 3. The van der Waals surface area contributed by atoms with Crippen LogP contribution < -0.4 is 4.74 Å². The van der Waals surface area contributed by atoms with Crippen molar-refractivity contribution in [2.45, 2.75) is 0 Å². The summed E-state index contributed by atoms with van der Waals surface area (Å²) in [5, 5.41) is 0.275. The second kappa shape index (κ2) is 6.54. The molecule has 0 aliphatic heterocycles. The van der Waals surface area contributed by atoms with E-state index in [-0.39, 0.29) is 21.9 Å². The molecule has 0 radical (unpaired) electrons. The van der Waals surface area contributed by atoms with Crippen molar-refractivity contribution in [1.82, 2.24) is 4.98 Å². The number of pyridine rings is 1. The van der Waals surface area contributed by atoms with E-state index in [1.807, 2.05) is 0 Å². The summed E-state index contributed by atoms with van der Waals surface area (Å²) in [4.78, 5) is 16.8. The Morgan fingerprint density at radius 1 is 1.36 bits per heavy atom. The first-order valence-corrected chi connectivity index (χ1v) is 6.72. The molecule has 0 bridgehead atoms. The molecular formula is C17H13ClFNO2. The van der Waals surface area contributed by atoms with Gasteiger partial charge in [0.2, 0.25) is 0 Å². The zero-order valence-electron chi connectivity index (χ0n) is 11.9. The Hall–Kier alpha value is -2.46. The molecular weight excluding hydrogens is 305 g/mol. The van der Waals surface area contributed by atoms with Crippen LogP contribution in [0.1, 0.15) is 27.2 Å². The normalized spacial score (nSPS) is 10.1. The molecule has 0 saturated carbocycles. The van der Waals surface area contributed by atoms with Gasteiger partial charge in [-0.2, -0.15) is 0 Å². The van der Waals surface area contributed by atoms with E-state index in [1.54, 1.807) is 6.07 Å². The highest BCUT2D eigenvalue weighted by molar-refractivity contribution is 6.31. The van der Waals surface area contributed by atoms with Gasteiger partial charge in [-0.25, -0.2) is 4.39 Å². The van der Waals surface area contributed by atoms with Crippen molar-refractivity contribution in [3.8, 4) is 5.75 Å². The molecule has 0 spiro atoms. The van der Waals surface area contributed by atoms with Crippen LogP contribution >= 0.6 is 11.6 Å². The molecule has 0 saturated heterocycles. The zero-order valence-corrected chi connectivity index (χ0v) is 12.7. The first-order chi connectivity index (χ1) is 10.5. The SMILES string of the molecule is C=Cc1ccc(OC)c(F)c1C(=O)c1cc(Cl)cnc1C=C. The minimum Gasteiger partial charge on any atom is -0.494 e. The Morgan fingerprint density at radius 2 is 2.09 bits per heavy atom. The molecule has 0 fully saturated rings. The summed E-state index contributed by atoms with van der Waals surface area (Å²) < 4.78 is 19.4. The Kier molecular flexibility index (Phi) is 4.73. The quantitative estimate of drug-likeness (QED) is 0.767. The highest BCUT2D eigenvalue weighted by Crippen LogP contribution is 2.28. The van der Waals surface area contributed by atoms with Gasteiger partial charge in [0, 0.05) is 11.8 Å². The Bertz CT molecular complexity index is 771. The zero-order chi connectivity index (χ0) is 16.3. The van der Waals surface area contributed by atoms with E-state index in [0.29, 0.717) is 11.3 Å². The molecule has 112 valence electrons. The lowest BCUT2D eigenvalue weighted by atomic mass is 9.96. The third-order valence-electron chi connectivity index (χ3n) is 3.13. The van der Waals surface area contributed by atoms with Crippen molar-refractivity contribution in [1.29, 1.82) is 0 Å². The number of carbonyl (C=O) groups is 1. The van der Waals surface area contributed by atoms with Crippen molar-refractivity contribution < 1.29 is 13.9 Å². The van der Waals surface area contributed by atoms with E-state index in [0.717, 1.165) is 0 Å². The first kappa shape index (κ1) is 15.9. The van der Waals surface area contributed by atoms with Crippen molar-refractivity contribution in [2.24, 2.45) is 0 Å². The van der Waals surface area contributed by atoms with Gasteiger partial charge in [-0.05, 0) is 23.8 Å². The molecule has 0 N–H and O–H groups in total. The molecule has 1 aromatic carbocycles. The van der Waals surface area contributed by atoms with E-state index >= 15 is 0 Å². The Labute approximate surface area is 132 Å². The number of benzene rings is 1. The summed E-state index contributed by atoms with van der Waals surface area (Å²) >= 11 is 5.89. The number of halogens is 2. The van der Waals surface area contributed by atoms with Gasteiger partial charge in [0.15, 0.2) is 17.3 Å². The minimum absolute atomic E-state index is 0.0240. The predicted molar refractivity (Wildman–Crippen MR) is 85.8 cm³/mol. The number of ketones is 1. The van der Waals surface area contributed by atoms with Crippen LogP contribution in [0.25, 0.3) is 12.2 Å². The van der Waals surface area contributed by atoms with Crippen LogP contribution in [0.3, 0.4) is 0 Å². The maximum absolute atomic E-state index is 14.5. The molecule has 1 aromatic heterocycles. The number of nitrogens with zero attached hydrogens (tertiary/aromatic N) is 1. The highest BCUT2D eigenvalue weighted by Gasteiger charge is 2.23. The van der Waals surface area contributed by atoms with Crippen LogP contribution in [-0.4, -0.2) is 17.9 Å². The number of carbonyl (C=O) groups excluding carboxylic acids is 1. The molecule has 1 heterocycles. The standard InChI is InChI=1S/C17H13ClFNO2/c1-4-10-6-7-14(22-3)16(19)15(10)17(21)12-8-11(18)9-20-13(12)5-2/h4-9H,1-2H2,3H3. The van der Waals surface area contributed by atoms with Crippen molar-refractivity contribution in [2.75, 3.05) is 7.11 Å². The molecule has 0 atom stereocenters. The summed E-state index contributed by atoms with van der Waals surface area (Å²) in [6.07, 6.45) is 4.21. The van der Waals surface area contributed by atoms with Gasteiger partial charge in [-0.1, -0.05) is 36.9 Å². The molecule has 22 heavy (non-hydrogen) atoms. The summed E-state index contributed by atoms with van der Waals surface area (Å²) in [5.74, 6) is -1.33. The maximum atomic E-state index is 14.5. The van der Waals surface area contributed by atoms with Gasteiger partial charge >= 0.3 is 0 Å². The summed E-state index contributed by atoms with van der Waals surface area (Å²) in [7, 11) is 1.33. The first-order valence-electron chi connectivity index (χ1n) is 6.35. The number of hydrogen-bond donors (Lipinski definition) is 0. The summed E-state index contributed by atoms with van der Waals surface area (Å²) in [6, 6.07) is 4.43. The van der Waals surface area contributed by atoms with E-state index in [1.165, 1.54) is 37.6 Å². The third kappa shape index (κ3) is 2.78. The molecule has 0 aliphatic rings. The van der Waals surface area contributed by atoms with Gasteiger partial charge in [0.05, 0.1) is 23.4 Å². The average Bonchev–Trinajstić information content (AvgIpc) is 2.53. The lowest BCUT2D eigenvalue weighted by molar-refractivity contribution is 0.103. The van der Waals surface area contributed by atoms with E-state index < -0.39 is 11.6 Å². The Balaban J connectivity index is 2.71. The third-order valence-corrected chi connectivity index (χ3v) is 3.34. The fourth-order valence-corrected chi connectivity index (χ4v) is 2.22. The second-order valence-corrected chi connectivity index (χ2v) is 4.81. The van der Waals surface area contributed by atoms with Gasteiger partial charge in [0.1, 0.15) is 0 Å². The second-order valence-electron chi connectivity index (χ2n) is 4.37. The van der Waals surface area contributed by atoms with Crippen molar-refractivity contribution in [3.63, 3.8) is 0 Å². The lowest BCUT2D eigenvalue weighted by Gasteiger charge is -2.11. The van der Waals surface area contributed by atoms with Gasteiger partial charge < -0.3 is 4.74 Å². The van der Waals surface area contributed by atoms with Crippen LogP contribution in [0.15, 0.2) is 37.6 Å². The van der Waals surface area contributed by atoms with Crippen molar-refractivity contribution in [3.05, 3.63) is 70.8 Å². The maximum Gasteiger partial charge on any atom is 0.198 e. The van der Waals surface area contributed by atoms with E-state index in [2.05, 4.69) is 18.1 Å². The van der Waals surface area contributed by atoms with Gasteiger partial charge in [-0.3, -0.25) is 9.78 Å². The van der Waals surface area contributed by atoms with Crippen LogP contribution in [0.5, 0.6) is 5.75 Å². The van der Waals surface area contributed by atoms with Gasteiger partial charge in [0.25, 0.3) is 0 Å². The van der Waals surface area contributed by atoms with Crippen LogP contribution in [0, 0.1) is 5.82 Å². The van der Waals surface area contributed by atoms with Crippen LogP contribution in [0.2, 0.25) is 5.02 Å². The monoisotopic (exact) mass is 317 g/mol. The van der Waals surface area contributed by atoms with E-state index in [9.17, 15) is 9.18 Å². The van der Waals surface area contributed by atoms with Crippen LogP contribution in [0.4, 0.5) is 4.39 Å². The van der Waals surface area contributed by atoms with Crippen LogP contribution in [-0.2, 0) is 0 Å². The average molecular weight is 318 g/mol. The minimum atomic E-state index is -0.750. The van der Waals surface area contributed by atoms with Crippen molar-refractivity contribution >= 4 is 29.5 Å². The molecule has 3 nitrogen and oxygen atoms in total. The number of ether oxygens (including phenoxy) is 1. The fourth-order valence-electron chi connectivity index (χ4n) is 2.06. The molecule has 5 heteroatoms. The van der Waals surface area contributed by atoms with Gasteiger partial charge in [-0.15, -0.1) is 0 Å². The highest BCUT2D eigenvalue weighted by atomic mass is 35.5. The Morgan fingerprint density at radius 3 is 2.68 bits per heavy atom. The topological polar surface area (TPSA) is 39.2 Å². The summed E-state index contributed by atoms with van der Waals surface area (Å²) in [6.45, 7) is 7.20. The number of aromatic nitrogens is 1. The summed E-state index contributed by atoms with van der Waals surface area (Å²) in [5.41, 5.74) is 0.712. The number of methoxy groups -OCH3 is 1. The molecule has 2 rings (SSSR count). The van der Waals surface area contributed by atoms with E-state index in [4.69, 9.17) is 16.3 Å². The lowest BCUT2D eigenvalue weighted by Crippen LogP contribution is -2.10. The predicted octanol–water partition coefficient (Wildman–Crippen LogP) is 4.40.